The third-order valence-corrected chi connectivity index (χ3v) is 5.23. The van der Waals surface area contributed by atoms with Crippen LogP contribution in [0.15, 0.2) is 43.0 Å². The molecule has 158 valence electrons. The summed E-state index contributed by atoms with van der Waals surface area (Å²) in [7, 11) is 0. The topological polar surface area (TPSA) is 112 Å². The fraction of sp³-hybridized carbons (Fsp3) is 0.429. The number of carbonyl (C=O) groups is 2. The summed E-state index contributed by atoms with van der Waals surface area (Å²) in [5.74, 6) is 0.112. The van der Waals surface area contributed by atoms with Crippen molar-refractivity contribution >= 4 is 17.7 Å². The van der Waals surface area contributed by atoms with Crippen molar-refractivity contribution in [1.82, 2.24) is 15.3 Å². The summed E-state index contributed by atoms with van der Waals surface area (Å²) in [6, 6.07) is 7.29. The lowest BCUT2D eigenvalue weighted by Crippen LogP contribution is -2.44. The maximum absolute atomic E-state index is 12.3. The molecule has 2 amide bonds. The molecule has 4 atom stereocenters. The summed E-state index contributed by atoms with van der Waals surface area (Å²) >= 11 is 0. The van der Waals surface area contributed by atoms with Gasteiger partial charge in [0.05, 0.1) is 24.8 Å². The van der Waals surface area contributed by atoms with E-state index in [1.807, 2.05) is 24.3 Å². The van der Waals surface area contributed by atoms with Crippen molar-refractivity contribution < 1.29 is 23.8 Å². The molecule has 3 heterocycles. The second kappa shape index (κ2) is 8.76. The first-order chi connectivity index (χ1) is 14.5. The van der Waals surface area contributed by atoms with Gasteiger partial charge in [-0.05, 0) is 23.6 Å². The Balaban J connectivity index is 1.30. The van der Waals surface area contributed by atoms with Crippen LogP contribution in [-0.4, -0.2) is 59.5 Å². The lowest BCUT2D eigenvalue weighted by molar-refractivity contribution is 0.00862. The number of fused-ring (bicyclic) bond motifs is 1. The van der Waals surface area contributed by atoms with Gasteiger partial charge in [0, 0.05) is 18.1 Å². The molecule has 2 aromatic rings. The maximum Gasteiger partial charge on any atom is 0.412 e. The molecular formula is C21H24N4O5. The number of ether oxygens (including phenoxy) is 3. The average Bonchev–Trinajstić information content (AvgIpc) is 3.32. The van der Waals surface area contributed by atoms with E-state index in [0.29, 0.717) is 17.2 Å². The number of anilines is 1. The van der Waals surface area contributed by atoms with Gasteiger partial charge in [0.25, 0.3) is 5.91 Å². The number of hydrogen-bond donors (Lipinski definition) is 2. The Kier molecular flexibility index (Phi) is 5.91. The SMILES string of the molecule is CC(C)c1ccc(NC(=O)O[C@@H]2CO[C@H]3[C@@H]2OC[C@@H]3NC(=O)c2cncnc2)cc1. The highest BCUT2D eigenvalue weighted by Crippen LogP contribution is 2.29. The molecule has 0 bridgehead atoms. The van der Waals surface area contributed by atoms with Gasteiger partial charge in [-0.15, -0.1) is 0 Å². The molecule has 2 fully saturated rings. The molecule has 0 saturated carbocycles. The molecule has 2 aliphatic rings. The van der Waals surface area contributed by atoms with Crippen molar-refractivity contribution in [1.29, 1.82) is 0 Å². The number of carbonyl (C=O) groups excluding carboxylic acids is 2. The van der Waals surface area contributed by atoms with Crippen LogP contribution >= 0.6 is 0 Å². The van der Waals surface area contributed by atoms with E-state index in [0.717, 1.165) is 0 Å². The van der Waals surface area contributed by atoms with Crippen LogP contribution < -0.4 is 10.6 Å². The smallest absolute Gasteiger partial charge is 0.412 e. The van der Waals surface area contributed by atoms with E-state index in [9.17, 15) is 9.59 Å². The quantitative estimate of drug-likeness (QED) is 0.774. The Bertz CT molecular complexity index is 890. The lowest BCUT2D eigenvalue weighted by atomic mass is 10.0. The molecule has 2 aliphatic heterocycles. The molecule has 0 aliphatic carbocycles. The molecule has 1 aromatic heterocycles. The zero-order valence-electron chi connectivity index (χ0n) is 16.8. The highest BCUT2D eigenvalue weighted by atomic mass is 16.6. The van der Waals surface area contributed by atoms with Crippen LogP contribution in [0, 0.1) is 0 Å². The molecule has 4 rings (SSSR count). The van der Waals surface area contributed by atoms with Crippen LogP contribution in [0.3, 0.4) is 0 Å². The number of hydrogen-bond acceptors (Lipinski definition) is 7. The van der Waals surface area contributed by atoms with Gasteiger partial charge in [0.2, 0.25) is 0 Å². The minimum Gasteiger partial charge on any atom is -0.441 e. The Morgan fingerprint density at radius 3 is 2.47 bits per heavy atom. The van der Waals surface area contributed by atoms with Crippen molar-refractivity contribution in [2.75, 3.05) is 18.5 Å². The van der Waals surface area contributed by atoms with Crippen LogP contribution in [0.2, 0.25) is 0 Å². The van der Waals surface area contributed by atoms with Crippen molar-refractivity contribution in [2.45, 2.75) is 44.1 Å². The second-order valence-electron chi connectivity index (χ2n) is 7.65. The number of nitrogens with zero attached hydrogens (tertiary/aromatic N) is 2. The van der Waals surface area contributed by atoms with Crippen LogP contribution in [0.4, 0.5) is 10.5 Å². The highest BCUT2D eigenvalue weighted by Gasteiger charge is 2.50. The van der Waals surface area contributed by atoms with Gasteiger partial charge < -0.3 is 19.5 Å². The van der Waals surface area contributed by atoms with Crippen molar-refractivity contribution in [3.8, 4) is 0 Å². The third-order valence-electron chi connectivity index (χ3n) is 5.23. The van der Waals surface area contributed by atoms with E-state index >= 15 is 0 Å². The van der Waals surface area contributed by atoms with E-state index in [2.05, 4.69) is 34.4 Å². The predicted octanol–water partition coefficient (Wildman–Crippen LogP) is 2.11. The number of benzene rings is 1. The van der Waals surface area contributed by atoms with E-state index in [4.69, 9.17) is 14.2 Å². The molecule has 1 aromatic carbocycles. The summed E-state index contributed by atoms with van der Waals surface area (Å²) in [5, 5.41) is 5.59. The molecule has 2 saturated heterocycles. The summed E-state index contributed by atoms with van der Waals surface area (Å²) in [5.41, 5.74) is 2.20. The van der Waals surface area contributed by atoms with Gasteiger partial charge in [-0.2, -0.15) is 0 Å². The zero-order chi connectivity index (χ0) is 21.1. The Morgan fingerprint density at radius 1 is 1.07 bits per heavy atom. The lowest BCUT2D eigenvalue weighted by Gasteiger charge is -2.18. The molecule has 0 spiro atoms. The highest BCUT2D eigenvalue weighted by molar-refractivity contribution is 5.93. The minimum absolute atomic E-state index is 0.204. The number of nitrogens with one attached hydrogen (secondary N) is 2. The fourth-order valence-electron chi connectivity index (χ4n) is 3.59. The average molecular weight is 412 g/mol. The largest absolute Gasteiger partial charge is 0.441 e. The summed E-state index contributed by atoms with van der Waals surface area (Å²) < 4.78 is 17.0. The van der Waals surface area contributed by atoms with Gasteiger partial charge in [-0.25, -0.2) is 14.8 Å². The summed E-state index contributed by atoms with van der Waals surface area (Å²) in [4.78, 5) is 32.3. The van der Waals surface area contributed by atoms with Crippen molar-refractivity contribution in [3.05, 3.63) is 54.1 Å². The number of amides is 2. The van der Waals surface area contributed by atoms with E-state index < -0.39 is 18.3 Å². The van der Waals surface area contributed by atoms with Crippen LogP contribution in [-0.2, 0) is 14.2 Å². The van der Waals surface area contributed by atoms with E-state index in [-0.39, 0.29) is 31.3 Å². The van der Waals surface area contributed by atoms with Crippen LogP contribution in [0.1, 0.15) is 35.7 Å². The zero-order valence-corrected chi connectivity index (χ0v) is 16.8. The first-order valence-electron chi connectivity index (χ1n) is 9.88. The van der Waals surface area contributed by atoms with Crippen LogP contribution in [0.25, 0.3) is 0 Å². The standard InChI is InChI=1S/C21H24N4O5/c1-12(2)13-3-5-15(6-4-13)24-21(27)30-17-10-29-18-16(9-28-19(17)18)25-20(26)14-7-22-11-23-8-14/h3-8,11-12,16-19H,9-10H2,1-2H3,(H,24,27)(H,25,26)/t16-,17+,18+,19+/m0/s1. The van der Waals surface area contributed by atoms with Gasteiger partial charge in [-0.3, -0.25) is 10.1 Å². The second-order valence-corrected chi connectivity index (χ2v) is 7.65. The predicted molar refractivity (Wildman–Crippen MR) is 107 cm³/mol. The normalized spacial score (nSPS) is 25.0. The first kappa shape index (κ1) is 20.2. The third kappa shape index (κ3) is 4.42. The summed E-state index contributed by atoms with van der Waals surface area (Å²) in [6.45, 7) is 4.69. The molecule has 30 heavy (non-hydrogen) atoms. The van der Waals surface area contributed by atoms with Crippen molar-refractivity contribution in [2.24, 2.45) is 0 Å². The molecule has 9 heteroatoms. The molecule has 0 radical (unpaired) electrons. The molecule has 0 unspecified atom stereocenters. The molecule has 9 nitrogen and oxygen atoms in total. The maximum atomic E-state index is 12.3. The van der Waals surface area contributed by atoms with Gasteiger partial charge in [0.1, 0.15) is 18.5 Å². The Labute approximate surface area is 174 Å². The minimum atomic E-state index is -0.570. The van der Waals surface area contributed by atoms with Gasteiger partial charge >= 0.3 is 6.09 Å². The van der Waals surface area contributed by atoms with E-state index in [1.165, 1.54) is 24.3 Å². The first-order valence-corrected chi connectivity index (χ1v) is 9.88. The van der Waals surface area contributed by atoms with Gasteiger partial charge in [0.15, 0.2) is 6.10 Å². The van der Waals surface area contributed by atoms with Crippen LogP contribution in [0.5, 0.6) is 0 Å². The monoisotopic (exact) mass is 412 g/mol. The van der Waals surface area contributed by atoms with Crippen molar-refractivity contribution in [3.63, 3.8) is 0 Å². The fourth-order valence-corrected chi connectivity index (χ4v) is 3.59. The van der Waals surface area contributed by atoms with E-state index in [1.54, 1.807) is 0 Å². The molecular weight excluding hydrogens is 388 g/mol. The molecule has 2 N–H and O–H groups in total. The van der Waals surface area contributed by atoms with Gasteiger partial charge in [-0.1, -0.05) is 26.0 Å². The Morgan fingerprint density at radius 2 is 1.77 bits per heavy atom. The number of rotatable bonds is 5. The Hall–Kier alpha value is -3.04. The number of aromatic nitrogens is 2. The summed E-state index contributed by atoms with van der Waals surface area (Å²) in [6.07, 6.45) is 2.30.